The maximum atomic E-state index is 13.0. The third kappa shape index (κ3) is 1.87. The van der Waals surface area contributed by atoms with Crippen LogP contribution in [0.4, 0.5) is 0 Å². The van der Waals surface area contributed by atoms with Crippen molar-refractivity contribution in [3.05, 3.63) is 34.2 Å². The third-order valence-electron chi connectivity index (χ3n) is 6.68. The zero-order valence-electron chi connectivity index (χ0n) is 14.8. The van der Waals surface area contributed by atoms with Crippen molar-refractivity contribution in [2.45, 2.75) is 43.6 Å². The molecule has 1 atom stereocenters. The van der Waals surface area contributed by atoms with Gasteiger partial charge in [-0.3, -0.25) is 28.8 Å². The van der Waals surface area contributed by atoms with Gasteiger partial charge in [-0.15, -0.1) is 0 Å². The first kappa shape index (κ1) is 16.3. The largest absolute Gasteiger partial charge is 0.481 e. The number of aliphatic carboxylic acids is 1. The van der Waals surface area contributed by atoms with Gasteiger partial charge in [-0.1, -0.05) is 12.1 Å². The molecule has 3 saturated carbocycles. The predicted molar refractivity (Wildman–Crippen MR) is 94.2 cm³/mol. The molecule has 1 unspecified atom stereocenters. The molecule has 1 saturated heterocycles. The van der Waals surface area contributed by atoms with E-state index in [1.807, 2.05) is 18.2 Å². The normalized spacial score (nSPS) is 32.0. The Labute approximate surface area is 153 Å². The minimum absolute atomic E-state index is 0.195. The highest BCUT2D eigenvalue weighted by molar-refractivity contribution is 6.00. The Morgan fingerprint density at radius 3 is 2.56 bits per heavy atom. The highest BCUT2D eigenvalue weighted by atomic mass is 16.4. The number of imidazole rings is 1. The minimum atomic E-state index is -0.744. The smallest absolute Gasteiger partial charge is 0.329 e. The second-order valence-corrected chi connectivity index (χ2v) is 8.25. The van der Waals surface area contributed by atoms with Crippen LogP contribution in [-0.2, 0) is 26.8 Å². The van der Waals surface area contributed by atoms with Gasteiger partial charge in [0.05, 0.1) is 16.4 Å². The second kappa shape index (κ2) is 4.88. The molecule has 2 N–H and O–H groups in total. The van der Waals surface area contributed by atoms with Gasteiger partial charge in [-0.2, -0.15) is 0 Å². The van der Waals surface area contributed by atoms with E-state index in [0.717, 1.165) is 11.1 Å². The van der Waals surface area contributed by atoms with Crippen LogP contribution in [0.15, 0.2) is 23.0 Å². The van der Waals surface area contributed by atoms with Crippen molar-refractivity contribution in [3.63, 3.8) is 0 Å². The molecule has 1 aliphatic heterocycles. The SMILES string of the molecule is Cn1c(=O)n(C2CCC(=O)NC2=O)c2cccc(C34CC(C(=O)O)(C3)C4)c21. The number of nitrogens with one attached hydrogen (secondary N) is 1. The van der Waals surface area contributed by atoms with Crippen LogP contribution in [0.25, 0.3) is 11.0 Å². The number of carboxylic acids is 1. The Balaban J connectivity index is 1.64. The van der Waals surface area contributed by atoms with E-state index in [4.69, 9.17) is 0 Å². The second-order valence-electron chi connectivity index (χ2n) is 8.25. The minimum Gasteiger partial charge on any atom is -0.481 e. The summed E-state index contributed by atoms with van der Waals surface area (Å²) < 4.78 is 3.02. The van der Waals surface area contributed by atoms with E-state index >= 15 is 0 Å². The number of hydrogen-bond donors (Lipinski definition) is 2. The first-order valence-electron chi connectivity index (χ1n) is 9.06. The summed E-state index contributed by atoms with van der Waals surface area (Å²) in [6.07, 6.45) is 2.26. The van der Waals surface area contributed by atoms with E-state index < -0.39 is 23.3 Å². The van der Waals surface area contributed by atoms with Gasteiger partial charge in [0, 0.05) is 18.9 Å². The van der Waals surface area contributed by atoms with Crippen LogP contribution in [-0.4, -0.2) is 32.0 Å². The summed E-state index contributed by atoms with van der Waals surface area (Å²) in [5.74, 6) is -1.52. The number of rotatable bonds is 3. The molecule has 27 heavy (non-hydrogen) atoms. The number of amides is 2. The molecule has 8 heteroatoms. The molecule has 6 rings (SSSR count). The van der Waals surface area contributed by atoms with E-state index in [9.17, 15) is 24.3 Å². The van der Waals surface area contributed by atoms with Gasteiger partial charge in [0.25, 0.3) is 0 Å². The maximum absolute atomic E-state index is 13.0. The quantitative estimate of drug-likeness (QED) is 0.779. The van der Waals surface area contributed by atoms with E-state index in [1.54, 1.807) is 11.6 Å². The van der Waals surface area contributed by atoms with Crippen LogP contribution in [0.1, 0.15) is 43.7 Å². The van der Waals surface area contributed by atoms with Crippen molar-refractivity contribution in [1.82, 2.24) is 14.5 Å². The summed E-state index contributed by atoms with van der Waals surface area (Å²) in [6.45, 7) is 0. The topological polar surface area (TPSA) is 110 Å². The van der Waals surface area contributed by atoms with Gasteiger partial charge < -0.3 is 5.11 Å². The fourth-order valence-electron chi connectivity index (χ4n) is 5.40. The van der Waals surface area contributed by atoms with Gasteiger partial charge in [-0.05, 0) is 37.3 Å². The van der Waals surface area contributed by atoms with Crippen molar-refractivity contribution >= 4 is 28.8 Å². The number of carboxylic acid groups (broad SMARTS) is 1. The Kier molecular flexibility index (Phi) is 2.94. The summed E-state index contributed by atoms with van der Waals surface area (Å²) in [6, 6.07) is 4.91. The van der Waals surface area contributed by atoms with E-state index in [2.05, 4.69) is 5.32 Å². The van der Waals surface area contributed by atoms with Crippen LogP contribution in [0.5, 0.6) is 0 Å². The zero-order chi connectivity index (χ0) is 19.1. The number of carbonyl (C=O) groups is 3. The Morgan fingerprint density at radius 2 is 1.93 bits per heavy atom. The van der Waals surface area contributed by atoms with Crippen LogP contribution < -0.4 is 11.0 Å². The average molecular weight is 369 g/mol. The van der Waals surface area contributed by atoms with E-state index in [1.165, 1.54) is 4.57 Å². The Hall–Kier alpha value is -2.90. The van der Waals surface area contributed by atoms with Crippen LogP contribution in [0, 0.1) is 5.41 Å². The lowest BCUT2D eigenvalue weighted by Crippen LogP contribution is -2.68. The number of hydrogen-bond acceptors (Lipinski definition) is 4. The summed E-state index contributed by atoms with van der Waals surface area (Å²) >= 11 is 0. The first-order chi connectivity index (χ1) is 12.8. The number of aryl methyl sites for hydroxylation is 1. The molecule has 8 nitrogen and oxygen atoms in total. The molecule has 2 heterocycles. The van der Waals surface area contributed by atoms with Crippen molar-refractivity contribution < 1.29 is 19.5 Å². The maximum Gasteiger partial charge on any atom is 0.329 e. The molecule has 2 amide bonds. The number of nitrogens with zero attached hydrogens (tertiary/aromatic N) is 2. The number of carbonyl (C=O) groups excluding carboxylic acids is 2. The predicted octanol–water partition coefficient (Wildman–Crippen LogP) is 0.824. The lowest BCUT2D eigenvalue weighted by molar-refractivity contribution is -0.194. The van der Waals surface area contributed by atoms with Crippen molar-refractivity contribution in [3.8, 4) is 0 Å². The Morgan fingerprint density at radius 1 is 1.22 bits per heavy atom. The lowest BCUT2D eigenvalue weighted by Gasteiger charge is -2.68. The highest BCUT2D eigenvalue weighted by Crippen LogP contribution is 2.74. The van der Waals surface area contributed by atoms with Gasteiger partial charge in [0.2, 0.25) is 11.8 Å². The average Bonchev–Trinajstić information content (AvgIpc) is 2.77. The molecule has 4 fully saturated rings. The molecular formula is C19H19N3O5. The first-order valence-corrected chi connectivity index (χ1v) is 9.06. The van der Waals surface area contributed by atoms with Gasteiger partial charge in [-0.25, -0.2) is 4.79 Å². The Bertz CT molecular complexity index is 1090. The zero-order valence-corrected chi connectivity index (χ0v) is 14.8. The fraction of sp³-hybridized carbons (Fsp3) is 0.474. The molecule has 140 valence electrons. The summed E-state index contributed by atoms with van der Waals surface area (Å²) in [7, 11) is 1.68. The van der Waals surface area contributed by atoms with Crippen molar-refractivity contribution in [2.75, 3.05) is 0 Å². The molecule has 4 aliphatic rings. The summed E-state index contributed by atoms with van der Waals surface area (Å²) in [5, 5.41) is 11.7. The van der Waals surface area contributed by atoms with Gasteiger partial charge in [0.15, 0.2) is 0 Å². The highest BCUT2D eigenvalue weighted by Gasteiger charge is 2.72. The molecule has 2 aromatic rings. The summed E-state index contributed by atoms with van der Waals surface area (Å²) in [5.41, 5.74) is 1.29. The molecule has 2 bridgehead atoms. The van der Waals surface area contributed by atoms with Crippen LogP contribution >= 0.6 is 0 Å². The van der Waals surface area contributed by atoms with Crippen LogP contribution in [0.3, 0.4) is 0 Å². The standard InChI is InChI=1S/C19H19N3O5/c1-21-14-10(18-7-19(8-18,9-18)16(25)26)3-2-4-11(14)22(17(21)27)12-5-6-13(23)20-15(12)24/h2-4,12H,5-9H2,1H3,(H,25,26)(H,20,23,24). The van der Waals surface area contributed by atoms with Gasteiger partial charge >= 0.3 is 11.7 Å². The number of fused-ring (bicyclic) bond motifs is 1. The van der Waals surface area contributed by atoms with Crippen LogP contribution in [0.2, 0.25) is 0 Å². The lowest BCUT2D eigenvalue weighted by atomic mass is 9.33. The van der Waals surface area contributed by atoms with E-state index in [0.29, 0.717) is 31.2 Å². The van der Waals surface area contributed by atoms with E-state index in [-0.39, 0.29) is 23.4 Å². The monoisotopic (exact) mass is 369 g/mol. The number of imide groups is 1. The van der Waals surface area contributed by atoms with Crippen molar-refractivity contribution in [1.29, 1.82) is 0 Å². The summed E-state index contributed by atoms with van der Waals surface area (Å²) in [4.78, 5) is 48.2. The molecular weight excluding hydrogens is 350 g/mol. The molecule has 1 aromatic heterocycles. The third-order valence-corrected chi connectivity index (χ3v) is 6.68. The van der Waals surface area contributed by atoms with Crippen molar-refractivity contribution in [2.24, 2.45) is 12.5 Å². The van der Waals surface area contributed by atoms with Gasteiger partial charge in [0.1, 0.15) is 6.04 Å². The molecule has 1 aromatic carbocycles. The number of benzene rings is 1. The fourth-order valence-corrected chi connectivity index (χ4v) is 5.40. The number of piperidine rings is 1. The molecule has 0 spiro atoms. The number of para-hydroxylation sites is 1. The molecule has 3 aliphatic carbocycles. The number of aromatic nitrogens is 2. The molecule has 0 radical (unpaired) electrons.